The molecule has 8 heteroatoms. The van der Waals surface area contributed by atoms with E-state index >= 15 is 0 Å². The standard InChI is InChI=1S/C32H29ClN2O4S/c1-21(20-33)28(31(37)38)35-29(36)27-30(35)40-26(34-27)19-18-22(2)39-32(23-12-6-3-7-13-23,24-14-8-4-9-15-24)25-16-10-5-11-17-25/h3-18,27-28,30H,1,19-20H2,2H3,(H,37,38). The summed E-state index contributed by atoms with van der Waals surface area (Å²) in [4.78, 5) is 30.6. The molecule has 0 saturated carbocycles. The Bertz CT molecular complexity index is 1360. The number of likely N-dealkylation sites (tertiary alicyclic amines) is 1. The summed E-state index contributed by atoms with van der Waals surface area (Å²) in [5.74, 6) is -0.808. The minimum Gasteiger partial charge on any atom is -0.479 e. The highest BCUT2D eigenvalue weighted by atomic mass is 35.5. The molecule has 0 aromatic heterocycles. The number of rotatable bonds is 11. The Morgan fingerprint density at radius 1 is 1.05 bits per heavy atom. The van der Waals surface area contributed by atoms with Crippen molar-refractivity contribution in [2.45, 2.75) is 36.4 Å². The molecule has 40 heavy (non-hydrogen) atoms. The van der Waals surface area contributed by atoms with E-state index in [1.54, 1.807) is 0 Å². The molecule has 1 saturated heterocycles. The van der Waals surface area contributed by atoms with Crippen molar-refractivity contribution in [2.75, 3.05) is 5.88 Å². The van der Waals surface area contributed by atoms with Gasteiger partial charge in [0.05, 0.1) is 10.8 Å². The van der Waals surface area contributed by atoms with E-state index in [2.05, 4.69) is 48.0 Å². The normalized spacial score (nSPS) is 19.4. The average molecular weight is 573 g/mol. The van der Waals surface area contributed by atoms with E-state index in [4.69, 9.17) is 16.3 Å². The minimum atomic E-state index is -1.16. The number of alkyl halides is 1. The molecule has 0 aliphatic carbocycles. The molecule has 1 N–H and O–H groups in total. The van der Waals surface area contributed by atoms with Gasteiger partial charge in [-0.3, -0.25) is 9.79 Å². The zero-order valence-corrected chi connectivity index (χ0v) is 23.5. The summed E-state index contributed by atoms with van der Waals surface area (Å²) >= 11 is 7.25. The molecule has 5 rings (SSSR count). The highest BCUT2D eigenvalue weighted by molar-refractivity contribution is 8.14. The van der Waals surface area contributed by atoms with E-state index in [1.807, 2.05) is 67.6 Å². The lowest BCUT2D eigenvalue weighted by atomic mass is 9.80. The van der Waals surface area contributed by atoms with Crippen molar-refractivity contribution in [1.29, 1.82) is 0 Å². The first-order valence-corrected chi connectivity index (χ1v) is 14.3. The van der Waals surface area contributed by atoms with Gasteiger partial charge >= 0.3 is 5.97 Å². The van der Waals surface area contributed by atoms with Crippen LogP contribution in [-0.4, -0.2) is 50.3 Å². The average Bonchev–Trinajstić information content (AvgIpc) is 3.37. The predicted octanol–water partition coefficient (Wildman–Crippen LogP) is 6.22. The third-order valence-corrected chi connectivity index (χ3v) is 8.70. The van der Waals surface area contributed by atoms with Crippen molar-refractivity contribution in [3.05, 3.63) is 132 Å². The summed E-state index contributed by atoms with van der Waals surface area (Å²) in [5, 5.41) is 10.1. The van der Waals surface area contributed by atoms with Crippen LogP contribution in [0.3, 0.4) is 0 Å². The molecule has 3 atom stereocenters. The fourth-order valence-corrected chi connectivity index (χ4v) is 6.61. The number of carbonyl (C=O) groups is 2. The molecule has 204 valence electrons. The number of thioether (sulfide) groups is 1. The molecule has 1 fully saturated rings. The quantitative estimate of drug-likeness (QED) is 0.0970. The zero-order valence-electron chi connectivity index (χ0n) is 21.9. The van der Waals surface area contributed by atoms with Crippen molar-refractivity contribution in [2.24, 2.45) is 4.99 Å². The van der Waals surface area contributed by atoms with E-state index in [0.717, 1.165) is 21.7 Å². The Labute approximate surface area is 243 Å². The van der Waals surface area contributed by atoms with Gasteiger partial charge in [-0.1, -0.05) is 109 Å². The van der Waals surface area contributed by atoms with Crippen LogP contribution in [0.2, 0.25) is 0 Å². The van der Waals surface area contributed by atoms with Gasteiger partial charge in [-0.2, -0.15) is 0 Å². The summed E-state index contributed by atoms with van der Waals surface area (Å²) < 4.78 is 6.90. The molecule has 1 amide bonds. The van der Waals surface area contributed by atoms with Crippen LogP contribution in [0.1, 0.15) is 30.0 Å². The van der Waals surface area contributed by atoms with E-state index in [-0.39, 0.29) is 22.7 Å². The van der Waals surface area contributed by atoms with E-state index < -0.39 is 23.7 Å². The number of fused-ring (bicyclic) bond motifs is 1. The lowest BCUT2D eigenvalue weighted by Crippen LogP contribution is -2.66. The maximum Gasteiger partial charge on any atom is 0.330 e. The first-order chi connectivity index (χ1) is 19.4. The van der Waals surface area contributed by atoms with Crippen LogP contribution >= 0.6 is 23.4 Å². The number of aliphatic carboxylic acids is 1. The van der Waals surface area contributed by atoms with Crippen molar-refractivity contribution < 1.29 is 19.4 Å². The molecule has 0 spiro atoms. The van der Waals surface area contributed by atoms with Crippen molar-refractivity contribution in [1.82, 2.24) is 4.90 Å². The van der Waals surface area contributed by atoms with Crippen LogP contribution in [0.25, 0.3) is 0 Å². The predicted molar refractivity (Wildman–Crippen MR) is 159 cm³/mol. The number of carbonyl (C=O) groups excluding carboxylic acids is 1. The summed E-state index contributed by atoms with van der Waals surface area (Å²) in [7, 11) is 0. The van der Waals surface area contributed by atoms with Crippen molar-refractivity contribution in [3.63, 3.8) is 0 Å². The maximum absolute atomic E-state index is 12.8. The summed E-state index contributed by atoms with van der Waals surface area (Å²) in [5.41, 5.74) is 2.36. The van der Waals surface area contributed by atoms with Gasteiger partial charge in [-0.25, -0.2) is 4.79 Å². The third kappa shape index (κ3) is 5.07. The summed E-state index contributed by atoms with van der Waals surface area (Å²) in [6, 6.07) is 28.6. The van der Waals surface area contributed by atoms with E-state index in [0.29, 0.717) is 12.2 Å². The zero-order chi connectivity index (χ0) is 28.3. The fourth-order valence-electron chi connectivity index (χ4n) is 5.18. The number of β-lactam (4-membered cyclic amide) rings is 1. The third-order valence-electron chi connectivity index (χ3n) is 7.08. The second-order valence-corrected chi connectivity index (χ2v) is 11.1. The van der Waals surface area contributed by atoms with Gasteiger partial charge < -0.3 is 14.7 Å². The van der Waals surface area contributed by atoms with Crippen LogP contribution in [0.15, 0.2) is 120 Å². The van der Waals surface area contributed by atoms with Crippen LogP contribution in [0.5, 0.6) is 0 Å². The molecule has 0 bridgehead atoms. The van der Waals surface area contributed by atoms with Gasteiger partial charge in [0.15, 0.2) is 17.7 Å². The Morgan fingerprint density at radius 3 is 2.00 bits per heavy atom. The second kappa shape index (κ2) is 11.7. The number of nitrogens with zero attached hydrogens (tertiary/aromatic N) is 2. The molecule has 6 nitrogen and oxygen atoms in total. The number of hydrogen-bond donors (Lipinski definition) is 1. The highest BCUT2D eigenvalue weighted by Crippen LogP contribution is 2.44. The number of allylic oxidation sites excluding steroid dienone is 2. The van der Waals surface area contributed by atoms with Gasteiger partial charge in [0.1, 0.15) is 5.37 Å². The molecular formula is C32H29ClN2O4S. The molecular weight excluding hydrogens is 544 g/mol. The number of carboxylic acid groups (broad SMARTS) is 1. The number of amides is 1. The van der Waals surface area contributed by atoms with Gasteiger partial charge in [0, 0.05) is 29.0 Å². The first-order valence-electron chi connectivity index (χ1n) is 12.9. The molecule has 0 radical (unpaired) electrons. The monoisotopic (exact) mass is 572 g/mol. The highest BCUT2D eigenvalue weighted by Gasteiger charge is 2.56. The van der Waals surface area contributed by atoms with Crippen molar-refractivity contribution in [3.8, 4) is 0 Å². The Balaban J connectivity index is 1.41. The Kier molecular flexibility index (Phi) is 8.14. The molecule has 2 heterocycles. The maximum atomic E-state index is 12.8. The smallest absolute Gasteiger partial charge is 0.330 e. The van der Waals surface area contributed by atoms with E-state index in [1.165, 1.54) is 16.7 Å². The molecule has 2 aliphatic rings. The van der Waals surface area contributed by atoms with Gasteiger partial charge in [-0.05, 0) is 18.6 Å². The van der Waals surface area contributed by atoms with Crippen molar-refractivity contribution >= 4 is 40.3 Å². The van der Waals surface area contributed by atoms with Crippen LogP contribution in [0.4, 0.5) is 0 Å². The fraction of sp³-hybridized carbons (Fsp3) is 0.219. The Morgan fingerprint density at radius 2 is 1.55 bits per heavy atom. The SMILES string of the molecule is C=C(CCl)C(C(=O)O)N1C(=O)C2N=C(CC=C(C)OC(c3ccccc3)(c3ccccc3)c3ccccc3)SC21. The van der Waals surface area contributed by atoms with Crippen LogP contribution in [-0.2, 0) is 19.9 Å². The van der Waals surface area contributed by atoms with Crippen LogP contribution < -0.4 is 0 Å². The Hall–Kier alpha value is -3.81. The molecule has 3 aromatic rings. The number of aliphatic imine (C=N–C) groups is 1. The number of halogens is 1. The lowest BCUT2D eigenvalue weighted by Gasteiger charge is -2.44. The van der Waals surface area contributed by atoms with E-state index in [9.17, 15) is 14.7 Å². The van der Waals surface area contributed by atoms with Crippen LogP contribution in [0, 0.1) is 0 Å². The largest absolute Gasteiger partial charge is 0.479 e. The lowest BCUT2D eigenvalue weighted by molar-refractivity contribution is -0.157. The number of hydrogen-bond acceptors (Lipinski definition) is 5. The summed E-state index contributed by atoms with van der Waals surface area (Å²) in [6.07, 6.45) is 2.41. The second-order valence-electron chi connectivity index (χ2n) is 9.65. The molecule has 2 aliphatic heterocycles. The topological polar surface area (TPSA) is 79.2 Å². The number of ether oxygens (including phenoxy) is 1. The van der Waals surface area contributed by atoms with Gasteiger partial charge in [-0.15, -0.1) is 11.6 Å². The number of benzene rings is 3. The van der Waals surface area contributed by atoms with Gasteiger partial charge in [0.2, 0.25) is 0 Å². The molecule has 3 aromatic carbocycles. The molecule has 3 unspecified atom stereocenters. The minimum absolute atomic E-state index is 0.0399. The first kappa shape index (κ1) is 27.7. The number of carboxylic acids is 1. The van der Waals surface area contributed by atoms with Gasteiger partial charge in [0.25, 0.3) is 5.91 Å². The summed E-state index contributed by atoms with van der Waals surface area (Å²) in [6.45, 7) is 5.67.